The molecule has 114 valence electrons. The molecule has 1 atom stereocenters. The number of benzene rings is 1. The first-order chi connectivity index (χ1) is 10.6. The van der Waals surface area contributed by atoms with Crippen LogP contribution >= 0.6 is 23.2 Å². The molecule has 1 fully saturated rings. The van der Waals surface area contributed by atoms with E-state index >= 15 is 0 Å². The summed E-state index contributed by atoms with van der Waals surface area (Å²) < 4.78 is 0. The minimum Gasteiger partial charge on any atom is -0.347 e. The third-order valence-electron chi connectivity index (χ3n) is 3.51. The van der Waals surface area contributed by atoms with E-state index in [4.69, 9.17) is 23.2 Å². The van der Waals surface area contributed by atoms with Gasteiger partial charge in [-0.2, -0.15) is 0 Å². The van der Waals surface area contributed by atoms with E-state index in [1.165, 1.54) is 6.33 Å². The Morgan fingerprint density at radius 3 is 2.82 bits per heavy atom. The summed E-state index contributed by atoms with van der Waals surface area (Å²) in [6.45, 7) is 1.71. The largest absolute Gasteiger partial charge is 0.347 e. The van der Waals surface area contributed by atoms with Gasteiger partial charge in [0, 0.05) is 18.2 Å². The summed E-state index contributed by atoms with van der Waals surface area (Å²) in [6.07, 6.45) is 2.30. The zero-order chi connectivity index (χ0) is 15.5. The van der Waals surface area contributed by atoms with E-state index < -0.39 is 0 Å². The number of rotatable bonds is 3. The SMILES string of the molecule is O=C(N[C@H]1CCNC1)c1cc(-c2ccc(Cl)c(Cl)c2)ncn1. The van der Waals surface area contributed by atoms with Crippen LogP contribution in [-0.2, 0) is 0 Å². The predicted octanol–water partition coefficient (Wildman–Crippen LogP) is 2.54. The molecular weight excluding hydrogens is 323 g/mol. The van der Waals surface area contributed by atoms with Gasteiger partial charge < -0.3 is 10.6 Å². The number of carbonyl (C=O) groups excluding carboxylic acids is 1. The second-order valence-electron chi connectivity index (χ2n) is 5.08. The summed E-state index contributed by atoms with van der Waals surface area (Å²) in [7, 11) is 0. The Morgan fingerprint density at radius 1 is 1.23 bits per heavy atom. The fourth-order valence-electron chi connectivity index (χ4n) is 2.33. The molecule has 2 heterocycles. The Morgan fingerprint density at radius 2 is 2.09 bits per heavy atom. The van der Waals surface area contributed by atoms with Crippen molar-refractivity contribution >= 4 is 29.1 Å². The molecule has 1 aromatic carbocycles. The Kier molecular flexibility index (Phi) is 4.57. The molecule has 22 heavy (non-hydrogen) atoms. The molecule has 1 aromatic heterocycles. The first kappa shape index (κ1) is 15.2. The van der Waals surface area contributed by atoms with Crippen LogP contribution in [0.2, 0.25) is 10.0 Å². The monoisotopic (exact) mass is 336 g/mol. The van der Waals surface area contributed by atoms with Crippen molar-refractivity contribution in [2.24, 2.45) is 0 Å². The molecule has 1 saturated heterocycles. The lowest BCUT2D eigenvalue weighted by atomic mass is 10.1. The average Bonchev–Trinajstić information content (AvgIpc) is 3.03. The van der Waals surface area contributed by atoms with E-state index in [2.05, 4.69) is 20.6 Å². The number of hydrogen-bond donors (Lipinski definition) is 2. The highest BCUT2D eigenvalue weighted by atomic mass is 35.5. The summed E-state index contributed by atoms with van der Waals surface area (Å²) in [5, 5.41) is 7.08. The van der Waals surface area contributed by atoms with Gasteiger partial charge in [-0.15, -0.1) is 0 Å². The highest BCUT2D eigenvalue weighted by Crippen LogP contribution is 2.27. The lowest BCUT2D eigenvalue weighted by Crippen LogP contribution is -2.36. The van der Waals surface area contributed by atoms with Crippen molar-refractivity contribution in [2.45, 2.75) is 12.5 Å². The van der Waals surface area contributed by atoms with Crippen molar-refractivity contribution < 1.29 is 4.79 Å². The molecule has 2 aromatic rings. The molecule has 0 saturated carbocycles. The van der Waals surface area contributed by atoms with Crippen LogP contribution < -0.4 is 10.6 Å². The average molecular weight is 337 g/mol. The number of nitrogens with one attached hydrogen (secondary N) is 2. The molecular formula is C15H14Cl2N4O. The fourth-order valence-corrected chi connectivity index (χ4v) is 2.63. The topological polar surface area (TPSA) is 66.9 Å². The van der Waals surface area contributed by atoms with Crippen LogP contribution in [0.3, 0.4) is 0 Å². The minimum absolute atomic E-state index is 0.149. The second kappa shape index (κ2) is 6.60. The van der Waals surface area contributed by atoms with E-state index in [1.54, 1.807) is 24.3 Å². The number of aromatic nitrogens is 2. The molecule has 0 unspecified atom stereocenters. The van der Waals surface area contributed by atoms with Crippen LogP contribution in [0.1, 0.15) is 16.9 Å². The van der Waals surface area contributed by atoms with Crippen molar-refractivity contribution in [1.82, 2.24) is 20.6 Å². The van der Waals surface area contributed by atoms with Crippen LogP contribution in [0.5, 0.6) is 0 Å². The molecule has 1 aliphatic heterocycles. The number of amides is 1. The molecule has 0 radical (unpaired) electrons. The smallest absolute Gasteiger partial charge is 0.270 e. The molecule has 1 amide bonds. The highest BCUT2D eigenvalue weighted by molar-refractivity contribution is 6.42. The number of halogens is 2. The maximum Gasteiger partial charge on any atom is 0.270 e. The van der Waals surface area contributed by atoms with Gasteiger partial charge in [0.15, 0.2) is 0 Å². The normalized spacial score (nSPS) is 17.5. The van der Waals surface area contributed by atoms with Crippen molar-refractivity contribution in [3.05, 3.63) is 46.3 Å². The summed E-state index contributed by atoms with van der Waals surface area (Å²) in [6, 6.07) is 7.02. The predicted molar refractivity (Wildman–Crippen MR) is 86.2 cm³/mol. The summed E-state index contributed by atoms with van der Waals surface area (Å²) in [5.41, 5.74) is 1.75. The number of hydrogen-bond acceptors (Lipinski definition) is 4. The molecule has 5 nitrogen and oxygen atoms in total. The van der Waals surface area contributed by atoms with Gasteiger partial charge in [0.25, 0.3) is 5.91 Å². The van der Waals surface area contributed by atoms with Crippen molar-refractivity contribution in [2.75, 3.05) is 13.1 Å². The van der Waals surface area contributed by atoms with Gasteiger partial charge in [-0.1, -0.05) is 29.3 Å². The summed E-state index contributed by atoms with van der Waals surface area (Å²) in [4.78, 5) is 20.5. The van der Waals surface area contributed by atoms with Crippen LogP contribution in [-0.4, -0.2) is 35.0 Å². The Balaban J connectivity index is 1.82. The third kappa shape index (κ3) is 3.38. The van der Waals surface area contributed by atoms with Gasteiger partial charge in [-0.3, -0.25) is 4.79 Å². The van der Waals surface area contributed by atoms with Gasteiger partial charge in [0.1, 0.15) is 12.0 Å². The van der Waals surface area contributed by atoms with Crippen molar-refractivity contribution in [3.8, 4) is 11.3 Å². The van der Waals surface area contributed by atoms with E-state index in [0.717, 1.165) is 25.1 Å². The molecule has 0 aliphatic carbocycles. The third-order valence-corrected chi connectivity index (χ3v) is 4.25. The maximum absolute atomic E-state index is 12.2. The van der Waals surface area contributed by atoms with Crippen LogP contribution in [0.15, 0.2) is 30.6 Å². The molecule has 3 rings (SSSR count). The Bertz CT molecular complexity index is 702. The minimum atomic E-state index is -0.197. The first-order valence-corrected chi connectivity index (χ1v) is 7.68. The van der Waals surface area contributed by atoms with Crippen molar-refractivity contribution in [1.29, 1.82) is 0 Å². The molecule has 7 heteroatoms. The lowest BCUT2D eigenvalue weighted by molar-refractivity contribution is 0.0935. The van der Waals surface area contributed by atoms with Gasteiger partial charge in [0.2, 0.25) is 0 Å². The summed E-state index contributed by atoms with van der Waals surface area (Å²) in [5.74, 6) is -0.197. The standard InChI is InChI=1S/C15H14Cl2N4O/c16-11-2-1-9(5-12(11)17)13-6-14(20-8-19-13)15(22)21-10-3-4-18-7-10/h1-2,5-6,8,10,18H,3-4,7H2,(H,21,22)/t10-/m0/s1. The quantitative estimate of drug-likeness (QED) is 0.903. The highest BCUT2D eigenvalue weighted by Gasteiger charge is 2.18. The van der Waals surface area contributed by atoms with Crippen molar-refractivity contribution in [3.63, 3.8) is 0 Å². The van der Waals surface area contributed by atoms with Crippen LogP contribution in [0.25, 0.3) is 11.3 Å². The number of nitrogens with zero attached hydrogens (tertiary/aromatic N) is 2. The molecule has 2 N–H and O–H groups in total. The molecule has 1 aliphatic rings. The lowest BCUT2D eigenvalue weighted by Gasteiger charge is -2.11. The van der Waals surface area contributed by atoms with Crippen LogP contribution in [0, 0.1) is 0 Å². The number of carbonyl (C=O) groups is 1. The van der Waals surface area contributed by atoms with Gasteiger partial charge in [0.05, 0.1) is 15.7 Å². The zero-order valence-corrected chi connectivity index (χ0v) is 13.2. The fraction of sp³-hybridized carbons (Fsp3) is 0.267. The Hall–Kier alpha value is -1.69. The second-order valence-corrected chi connectivity index (χ2v) is 5.89. The zero-order valence-electron chi connectivity index (χ0n) is 11.6. The first-order valence-electron chi connectivity index (χ1n) is 6.92. The van der Waals surface area contributed by atoms with Crippen LogP contribution in [0.4, 0.5) is 0 Å². The van der Waals surface area contributed by atoms with Gasteiger partial charge in [-0.05, 0) is 31.2 Å². The Labute approximate surface area is 138 Å². The van der Waals surface area contributed by atoms with Gasteiger partial charge in [-0.25, -0.2) is 9.97 Å². The van der Waals surface area contributed by atoms with Gasteiger partial charge >= 0.3 is 0 Å². The van der Waals surface area contributed by atoms with E-state index in [9.17, 15) is 4.79 Å². The van der Waals surface area contributed by atoms with E-state index in [-0.39, 0.29) is 11.9 Å². The molecule has 0 bridgehead atoms. The molecule has 0 spiro atoms. The summed E-state index contributed by atoms with van der Waals surface area (Å²) >= 11 is 11.9. The maximum atomic E-state index is 12.2. The van der Waals surface area contributed by atoms with E-state index in [0.29, 0.717) is 21.4 Å². The van der Waals surface area contributed by atoms with E-state index in [1.807, 2.05) is 0 Å².